The van der Waals surface area contributed by atoms with Crippen molar-refractivity contribution in [2.75, 3.05) is 37.6 Å². The van der Waals surface area contributed by atoms with E-state index in [1.165, 1.54) is 16.8 Å². The summed E-state index contributed by atoms with van der Waals surface area (Å²) in [5.74, 6) is 0. The Hall–Kier alpha value is -2.04. The number of piperazine rings is 1. The monoisotopic (exact) mass is 440 g/mol. The van der Waals surface area contributed by atoms with Crippen LogP contribution in [-0.2, 0) is 0 Å². The minimum atomic E-state index is -0.527. The molecule has 5 heteroatoms. The van der Waals surface area contributed by atoms with E-state index in [2.05, 4.69) is 58.3 Å². The zero-order chi connectivity index (χ0) is 20.9. The van der Waals surface area contributed by atoms with Crippen LogP contribution in [0.4, 0.5) is 5.69 Å². The Balaban J connectivity index is 1.30. The highest BCUT2D eigenvalue weighted by molar-refractivity contribution is 6.42. The topological polar surface area (TPSA) is 26.7 Å². The summed E-state index contributed by atoms with van der Waals surface area (Å²) in [5, 5.41) is 11.5. The summed E-state index contributed by atoms with van der Waals surface area (Å²) < 4.78 is 0. The number of anilines is 1. The molecule has 0 spiro atoms. The van der Waals surface area contributed by atoms with Gasteiger partial charge in [-0.25, -0.2) is 0 Å². The van der Waals surface area contributed by atoms with Gasteiger partial charge in [-0.2, -0.15) is 0 Å². The van der Waals surface area contributed by atoms with Crippen LogP contribution in [0.15, 0.2) is 72.8 Å². The first-order valence-corrected chi connectivity index (χ1v) is 11.1. The first kappa shape index (κ1) is 21.2. The van der Waals surface area contributed by atoms with Gasteiger partial charge in [-0.1, -0.05) is 71.7 Å². The number of halogens is 2. The summed E-state index contributed by atoms with van der Waals surface area (Å²) in [6, 6.07) is 24.6. The predicted octanol–water partition coefficient (Wildman–Crippen LogP) is 5.91. The predicted molar refractivity (Wildman–Crippen MR) is 127 cm³/mol. The summed E-state index contributed by atoms with van der Waals surface area (Å²) in [6.45, 7) is 4.81. The molecule has 3 nitrogen and oxygen atoms in total. The van der Waals surface area contributed by atoms with E-state index in [-0.39, 0.29) is 0 Å². The second-order valence-electron chi connectivity index (χ2n) is 7.72. The number of hydrogen-bond acceptors (Lipinski definition) is 3. The minimum absolute atomic E-state index is 0.486. The SMILES string of the molecule is OC(CCN1CCN(c2cccc(-c3ccccc3)c2)CC1)c1ccc(Cl)c(Cl)c1. The number of benzene rings is 3. The number of rotatable bonds is 6. The van der Waals surface area contributed by atoms with Crippen LogP contribution in [0.1, 0.15) is 18.1 Å². The van der Waals surface area contributed by atoms with Crippen LogP contribution in [0, 0.1) is 0 Å². The molecule has 0 aliphatic carbocycles. The largest absolute Gasteiger partial charge is 0.388 e. The third kappa shape index (κ3) is 5.16. The van der Waals surface area contributed by atoms with Crippen LogP contribution in [0.2, 0.25) is 10.0 Å². The van der Waals surface area contributed by atoms with Crippen molar-refractivity contribution in [3.8, 4) is 11.1 Å². The summed E-state index contributed by atoms with van der Waals surface area (Å²) in [5.41, 5.74) is 4.59. The normalized spacial score (nSPS) is 15.9. The Bertz CT molecular complexity index is 972. The van der Waals surface area contributed by atoms with E-state index in [9.17, 15) is 5.11 Å². The Morgan fingerprint density at radius 1 is 0.767 bits per heavy atom. The highest BCUT2D eigenvalue weighted by Gasteiger charge is 2.19. The molecule has 1 aliphatic rings. The van der Waals surface area contributed by atoms with E-state index in [4.69, 9.17) is 23.2 Å². The molecule has 0 aromatic heterocycles. The maximum Gasteiger partial charge on any atom is 0.0802 e. The van der Waals surface area contributed by atoms with Crippen LogP contribution in [0.25, 0.3) is 11.1 Å². The van der Waals surface area contributed by atoms with Gasteiger partial charge >= 0.3 is 0 Å². The van der Waals surface area contributed by atoms with Gasteiger partial charge in [0, 0.05) is 38.4 Å². The van der Waals surface area contributed by atoms with Crippen molar-refractivity contribution in [1.82, 2.24) is 4.90 Å². The average Bonchev–Trinajstić information content (AvgIpc) is 2.80. The standard InChI is InChI=1S/C25H26Cl2N2O/c26-23-10-9-21(18-24(23)27)25(30)11-12-28-13-15-29(16-14-28)22-8-4-7-20(17-22)19-5-2-1-3-6-19/h1-10,17-18,25,30H,11-16H2. The van der Waals surface area contributed by atoms with E-state index in [0.717, 1.165) is 38.3 Å². The number of aliphatic hydroxyl groups excluding tert-OH is 1. The highest BCUT2D eigenvalue weighted by Crippen LogP contribution is 2.28. The lowest BCUT2D eigenvalue weighted by atomic mass is 10.0. The van der Waals surface area contributed by atoms with Crippen molar-refractivity contribution in [2.45, 2.75) is 12.5 Å². The molecule has 1 saturated heterocycles. The fraction of sp³-hybridized carbons (Fsp3) is 0.280. The minimum Gasteiger partial charge on any atom is -0.388 e. The third-order valence-corrected chi connectivity index (χ3v) is 6.48. The maximum atomic E-state index is 10.5. The smallest absolute Gasteiger partial charge is 0.0802 e. The third-order valence-electron chi connectivity index (χ3n) is 5.74. The van der Waals surface area contributed by atoms with Crippen LogP contribution in [0.5, 0.6) is 0 Å². The molecule has 1 heterocycles. The Kier molecular flexibility index (Phi) is 6.96. The number of nitrogens with zero attached hydrogens (tertiary/aromatic N) is 2. The molecule has 3 aromatic carbocycles. The van der Waals surface area contributed by atoms with Gasteiger partial charge in [0.25, 0.3) is 0 Å². The first-order valence-electron chi connectivity index (χ1n) is 10.4. The van der Waals surface area contributed by atoms with Gasteiger partial charge in [0.1, 0.15) is 0 Å². The molecular formula is C25H26Cl2N2O. The van der Waals surface area contributed by atoms with E-state index < -0.39 is 6.10 Å². The molecule has 3 aromatic rings. The van der Waals surface area contributed by atoms with Crippen molar-refractivity contribution in [3.05, 3.63) is 88.4 Å². The molecule has 1 unspecified atom stereocenters. The quantitative estimate of drug-likeness (QED) is 0.516. The molecule has 1 N–H and O–H groups in total. The van der Waals surface area contributed by atoms with Crippen LogP contribution >= 0.6 is 23.2 Å². The Morgan fingerprint density at radius 3 is 2.23 bits per heavy atom. The fourth-order valence-corrected chi connectivity index (χ4v) is 4.24. The van der Waals surface area contributed by atoms with Gasteiger partial charge in [0.05, 0.1) is 16.1 Å². The molecule has 0 bridgehead atoms. The van der Waals surface area contributed by atoms with Gasteiger partial charge in [0.2, 0.25) is 0 Å². The molecular weight excluding hydrogens is 415 g/mol. The Morgan fingerprint density at radius 2 is 1.50 bits per heavy atom. The maximum absolute atomic E-state index is 10.5. The van der Waals surface area contributed by atoms with Crippen LogP contribution in [-0.4, -0.2) is 42.7 Å². The molecule has 0 saturated carbocycles. The van der Waals surface area contributed by atoms with E-state index in [0.29, 0.717) is 16.5 Å². The number of hydrogen-bond donors (Lipinski definition) is 1. The zero-order valence-electron chi connectivity index (χ0n) is 16.8. The molecule has 4 rings (SSSR count). The van der Waals surface area contributed by atoms with Gasteiger partial charge < -0.3 is 10.0 Å². The molecule has 1 atom stereocenters. The molecule has 1 fully saturated rings. The van der Waals surface area contributed by atoms with Crippen molar-refractivity contribution in [1.29, 1.82) is 0 Å². The Labute approximate surface area is 188 Å². The second kappa shape index (κ2) is 9.84. The summed E-state index contributed by atoms with van der Waals surface area (Å²) >= 11 is 12.0. The number of aliphatic hydroxyl groups is 1. The molecule has 156 valence electrons. The fourth-order valence-electron chi connectivity index (χ4n) is 3.93. The van der Waals surface area contributed by atoms with Gasteiger partial charge in [-0.05, 0) is 47.4 Å². The molecule has 1 aliphatic heterocycles. The van der Waals surface area contributed by atoms with E-state index in [1.54, 1.807) is 12.1 Å². The van der Waals surface area contributed by atoms with Crippen molar-refractivity contribution < 1.29 is 5.11 Å². The second-order valence-corrected chi connectivity index (χ2v) is 8.54. The average molecular weight is 441 g/mol. The van der Waals surface area contributed by atoms with E-state index in [1.807, 2.05) is 12.1 Å². The summed E-state index contributed by atoms with van der Waals surface area (Å²) in [6.07, 6.45) is 0.155. The zero-order valence-corrected chi connectivity index (χ0v) is 18.4. The van der Waals surface area contributed by atoms with Crippen molar-refractivity contribution in [3.63, 3.8) is 0 Å². The molecule has 0 radical (unpaired) electrons. The van der Waals surface area contributed by atoms with Gasteiger partial charge in [0.15, 0.2) is 0 Å². The lowest BCUT2D eigenvalue weighted by Gasteiger charge is -2.36. The highest BCUT2D eigenvalue weighted by atomic mass is 35.5. The van der Waals surface area contributed by atoms with Gasteiger partial charge in [-0.3, -0.25) is 4.90 Å². The van der Waals surface area contributed by atoms with Gasteiger partial charge in [-0.15, -0.1) is 0 Å². The summed E-state index contributed by atoms with van der Waals surface area (Å²) in [7, 11) is 0. The molecule has 30 heavy (non-hydrogen) atoms. The van der Waals surface area contributed by atoms with Crippen molar-refractivity contribution >= 4 is 28.9 Å². The van der Waals surface area contributed by atoms with E-state index >= 15 is 0 Å². The lowest BCUT2D eigenvalue weighted by Crippen LogP contribution is -2.46. The summed E-state index contributed by atoms with van der Waals surface area (Å²) in [4.78, 5) is 4.86. The van der Waals surface area contributed by atoms with Crippen LogP contribution < -0.4 is 4.90 Å². The first-order chi connectivity index (χ1) is 14.6. The molecule has 0 amide bonds. The van der Waals surface area contributed by atoms with Crippen LogP contribution in [0.3, 0.4) is 0 Å². The lowest BCUT2D eigenvalue weighted by molar-refractivity contribution is 0.139. The van der Waals surface area contributed by atoms with Crippen molar-refractivity contribution in [2.24, 2.45) is 0 Å².